The molecule has 0 saturated heterocycles. The van der Waals surface area contributed by atoms with Gasteiger partial charge in [-0.3, -0.25) is 0 Å². The van der Waals surface area contributed by atoms with Crippen molar-refractivity contribution in [1.29, 1.82) is 0 Å². The molecule has 5 rings (SSSR count). The maximum atomic E-state index is 4.89. The first-order valence-electron chi connectivity index (χ1n) is 13.2. The molecule has 3 nitrogen and oxygen atoms in total. The number of fused-ring (bicyclic) bond motifs is 1. The van der Waals surface area contributed by atoms with Crippen LogP contribution in [0.5, 0.6) is 0 Å². The van der Waals surface area contributed by atoms with Gasteiger partial charge >= 0.3 is 0 Å². The van der Waals surface area contributed by atoms with E-state index in [0.717, 1.165) is 35.6 Å². The zero-order valence-corrected chi connectivity index (χ0v) is 22.0. The maximum Gasteiger partial charge on any atom is 0.0659 e. The van der Waals surface area contributed by atoms with Crippen LogP contribution in [0.4, 0.5) is 17.1 Å². The van der Waals surface area contributed by atoms with Gasteiger partial charge in [0, 0.05) is 18.8 Å². The molecule has 0 aliphatic carbocycles. The molecule has 5 aromatic carbocycles. The Morgan fingerprint density at radius 3 is 1.74 bits per heavy atom. The lowest BCUT2D eigenvalue weighted by Gasteiger charge is -2.20. The minimum absolute atomic E-state index is 1.02. The van der Waals surface area contributed by atoms with E-state index in [9.17, 15) is 0 Å². The number of hydrazone groups is 1. The topological polar surface area (TPSA) is 18.8 Å². The van der Waals surface area contributed by atoms with E-state index in [2.05, 4.69) is 134 Å². The molecule has 0 fully saturated rings. The van der Waals surface area contributed by atoms with Gasteiger partial charge in [0.15, 0.2) is 0 Å². The fourth-order valence-corrected chi connectivity index (χ4v) is 4.56. The van der Waals surface area contributed by atoms with Crippen molar-refractivity contribution in [3.05, 3.63) is 138 Å². The molecule has 38 heavy (non-hydrogen) atoms. The van der Waals surface area contributed by atoms with Crippen LogP contribution in [-0.2, 0) is 0 Å². The Morgan fingerprint density at radius 1 is 0.526 bits per heavy atom. The van der Waals surface area contributed by atoms with Crippen LogP contribution in [0.15, 0.2) is 126 Å². The lowest BCUT2D eigenvalue weighted by atomic mass is 10.1. The van der Waals surface area contributed by atoms with Crippen molar-refractivity contribution >= 4 is 46.2 Å². The average Bonchev–Trinajstić information content (AvgIpc) is 2.98. The number of benzene rings is 5. The third-order valence-electron chi connectivity index (χ3n) is 6.73. The molecule has 0 heterocycles. The lowest BCUT2D eigenvalue weighted by Crippen LogP contribution is -2.21. The van der Waals surface area contributed by atoms with Crippen molar-refractivity contribution in [2.75, 3.05) is 23.0 Å². The zero-order chi connectivity index (χ0) is 26.2. The molecule has 0 saturated carbocycles. The Balaban J connectivity index is 1.33. The van der Waals surface area contributed by atoms with Gasteiger partial charge in [-0.05, 0) is 77.7 Å². The van der Waals surface area contributed by atoms with E-state index < -0.39 is 0 Å². The lowest BCUT2D eigenvalue weighted by molar-refractivity contribution is 0.866. The second-order valence-electron chi connectivity index (χ2n) is 9.19. The molecule has 0 unspecified atom stereocenters. The third kappa shape index (κ3) is 6.01. The van der Waals surface area contributed by atoms with E-state index >= 15 is 0 Å². The molecule has 5 aromatic rings. The summed E-state index contributed by atoms with van der Waals surface area (Å²) in [6, 6.07) is 42.3. The smallest absolute Gasteiger partial charge is 0.0659 e. The van der Waals surface area contributed by atoms with Crippen molar-refractivity contribution in [2.45, 2.75) is 13.8 Å². The summed E-state index contributed by atoms with van der Waals surface area (Å²) in [5.74, 6) is 0. The SMILES string of the molecule is CCN(CC)c1ccc(/C=C/c2ccc(/C=N/N(c3ccccc3)c3ccc4ccccc4c3)cc2)cc1. The molecule has 0 spiro atoms. The summed E-state index contributed by atoms with van der Waals surface area (Å²) in [4.78, 5) is 2.35. The molecule has 0 N–H and O–H groups in total. The third-order valence-corrected chi connectivity index (χ3v) is 6.73. The number of rotatable bonds is 9. The summed E-state index contributed by atoms with van der Waals surface area (Å²) >= 11 is 0. The highest BCUT2D eigenvalue weighted by Gasteiger charge is 2.08. The van der Waals surface area contributed by atoms with Gasteiger partial charge in [0.1, 0.15) is 0 Å². The summed E-state index contributed by atoms with van der Waals surface area (Å²) in [6.07, 6.45) is 6.23. The van der Waals surface area contributed by atoms with Gasteiger partial charge in [-0.25, -0.2) is 5.01 Å². The first-order valence-corrected chi connectivity index (χ1v) is 13.2. The summed E-state index contributed by atoms with van der Waals surface area (Å²) in [6.45, 7) is 6.42. The van der Waals surface area contributed by atoms with Crippen molar-refractivity contribution < 1.29 is 0 Å². The van der Waals surface area contributed by atoms with Crippen LogP contribution < -0.4 is 9.91 Å². The van der Waals surface area contributed by atoms with Crippen LogP contribution in [0.1, 0.15) is 30.5 Å². The first-order chi connectivity index (χ1) is 18.7. The fraction of sp³-hybridized carbons (Fsp3) is 0.114. The molecular formula is C35H33N3. The van der Waals surface area contributed by atoms with Crippen LogP contribution in [0.3, 0.4) is 0 Å². The Labute approximate surface area is 226 Å². The van der Waals surface area contributed by atoms with Crippen LogP contribution in [-0.4, -0.2) is 19.3 Å². The summed E-state index contributed by atoms with van der Waals surface area (Å²) in [5, 5.41) is 9.29. The standard InChI is InChI=1S/C35H33N3/c1-3-37(4-2)33-23-20-29(21-24-33)15-14-28-16-18-30(19-17-28)27-36-38(34-12-6-5-7-13-34)35-25-22-31-10-8-9-11-32(31)26-35/h5-27H,3-4H2,1-2H3/b15-14+,36-27+. The Hall–Kier alpha value is -4.63. The van der Waals surface area contributed by atoms with Gasteiger partial charge in [-0.2, -0.15) is 5.10 Å². The highest BCUT2D eigenvalue weighted by atomic mass is 15.5. The Bertz CT molecular complexity index is 1510. The predicted molar refractivity (Wildman–Crippen MR) is 165 cm³/mol. The monoisotopic (exact) mass is 495 g/mol. The van der Waals surface area contributed by atoms with E-state index in [0.29, 0.717) is 0 Å². The number of para-hydroxylation sites is 1. The molecule has 0 atom stereocenters. The minimum Gasteiger partial charge on any atom is -0.372 e. The van der Waals surface area contributed by atoms with Crippen molar-refractivity contribution in [2.24, 2.45) is 5.10 Å². The van der Waals surface area contributed by atoms with Gasteiger partial charge in [0.25, 0.3) is 0 Å². The van der Waals surface area contributed by atoms with Crippen molar-refractivity contribution in [3.63, 3.8) is 0 Å². The predicted octanol–water partition coefficient (Wildman–Crippen LogP) is 9.03. The quantitative estimate of drug-likeness (QED) is 0.115. The molecule has 0 aromatic heterocycles. The second-order valence-corrected chi connectivity index (χ2v) is 9.19. The van der Waals surface area contributed by atoms with Crippen LogP contribution in [0.25, 0.3) is 22.9 Å². The van der Waals surface area contributed by atoms with E-state index in [1.807, 2.05) is 29.4 Å². The van der Waals surface area contributed by atoms with Gasteiger partial charge in [-0.15, -0.1) is 0 Å². The van der Waals surface area contributed by atoms with E-state index in [4.69, 9.17) is 5.10 Å². The molecule has 0 radical (unpaired) electrons. The van der Waals surface area contributed by atoms with Crippen LogP contribution in [0, 0.1) is 0 Å². The highest BCUT2D eigenvalue weighted by molar-refractivity contribution is 5.88. The highest BCUT2D eigenvalue weighted by Crippen LogP contribution is 2.29. The van der Waals surface area contributed by atoms with E-state index in [1.54, 1.807) is 0 Å². The molecule has 188 valence electrons. The van der Waals surface area contributed by atoms with Gasteiger partial charge < -0.3 is 4.90 Å². The largest absolute Gasteiger partial charge is 0.372 e. The molecular weight excluding hydrogens is 462 g/mol. The Morgan fingerprint density at radius 2 is 1.08 bits per heavy atom. The van der Waals surface area contributed by atoms with Crippen molar-refractivity contribution in [1.82, 2.24) is 0 Å². The summed E-state index contributed by atoms with van der Waals surface area (Å²) < 4.78 is 0. The summed E-state index contributed by atoms with van der Waals surface area (Å²) in [5.41, 5.74) is 6.71. The molecule has 0 bridgehead atoms. The number of nitrogens with zero attached hydrogens (tertiary/aromatic N) is 3. The number of hydrogen-bond donors (Lipinski definition) is 0. The molecule has 0 aliphatic heterocycles. The fourth-order valence-electron chi connectivity index (χ4n) is 4.56. The normalized spacial score (nSPS) is 11.4. The maximum absolute atomic E-state index is 4.89. The number of anilines is 3. The first kappa shape index (κ1) is 25.0. The summed E-state index contributed by atoms with van der Waals surface area (Å²) in [7, 11) is 0. The van der Waals surface area contributed by atoms with E-state index in [1.165, 1.54) is 22.0 Å². The Kier molecular flexibility index (Phi) is 7.95. The average molecular weight is 496 g/mol. The van der Waals surface area contributed by atoms with Gasteiger partial charge in [-0.1, -0.05) is 97.1 Å². The van der Waals surface area contributed by atoms with Crippen molar-refractivity contribution in [3.8, 4) is 0 Å². The minimum atomic E-state index is 1.02. The van der Waals surface area contributed by atoms with Crippen LogP contribution >= 0.6 is 0 Å². The second kappa shape index (κ2) is 12.1. The molecule has 3 heteroatoms. The zero-order valence-electron chi connectivity index (χ0n) is 22.0. The van der Waals surface area contributed by atoms with Gasteiger partial charge in [0.05, 0.1) is 17.6 Å². The van der Waals surface area contributed by atoms with Crippen LogP contribution in [0.2, 0.25) is 0 Å². The molecule has 0 amide bonds. The van der Waals surface area contributed by atoms with E-state index in [-0.39, 0.29) is 0 Å². The molecule has 0 aliphatic rings. The number of hydrogen-bond acceptors (Lipinski definition) is 3. The van der Waals surface area contributed by atoms with Gasteiger partial charge in [0.2, 0.25) is 0 Å².